The van der Waals surface area contributed by atoms with E-state index in [1.165, 1.54) is 0 Å². The minimum atomic E-state index is -0.815. The van der Waals surface area contributed by atoms with E-state index in [1.54, 1.807) is 0 Å². The molecule has 108 valence electrons. The number of aliphatic carboxylic acids is 1. The van der Waals surface area contributed by atoms with E-state index in [0.29, 0.717) is 13.0 Å². The average molecular weight is 284 g/mol. The van der Waals surface area contributed by atoms with Gasteiger partial charge in [0, 0.05) is 6.07 Å². The molecule has 0 aliphatic carbocycles. The number of rotatable bonds is 4. The minimum Gasteiger partial charge on any atom is -0.492 e. The first kappa shape index (κ1) is 13.5. The van der Waals surface area contributed by atoms with Gasteiger partial charge in [0.1, 0.15) is 24.7 Å². The van der Waals surface area contributed by atoms with E-state index in [4.69, 9.17) is 14.6 Å². The maximum Gasteiger partial charge on any atom is 0.310 e. The predicted octanol–water partition coefficient (Wildman–Crippen LogP) is 2.90. The van der Waals surface area contributed by atoms with Gasteiger partial charge in [0.05, 0.1) is 5.92 Å². The topological polar surface area (TPSA) is 55.8 Å². The number of carbonyl (C=O) groups is 1. The van der Waals surface area contributed by atoms with Crippen molar-refractivity contribution in [3.05, 3.63) is 59.7 Å². The molecule has 2 aromatic rings. The van der Waals surface area contributed by atoms with E-state index in [1.807, 2.05) is 48.5 Å². The molecule has 0 saturated carbocycles. The summed E-state index contributed by atoms with van der Waals surface area (Å²) in [5, 5.41) is 9.02. The van der Waals surface area contributed by atoms with Crippen LogP contribution < -0.4 is 9.47 Å². The molecule has 0 bridgehead atoms. The number of benzene rings is 2. The van der Waals surface area contributed by atoms with Crippen molar-refractivity contribution in [3.8, 4) is 11.5 Å². The fourth-order valence-corrected chi connectivity index (χ4v) is 2.34. The van der Waals surface area contributed by atoms with Gasteiger partial charge in [0.2, 0.25) is 0 Å². The van der Waals surface area contributed by atoms with Gasteiger partial charge < -0.3 is 14.6 Å². The molecular weight excluding hydrogens is 268 g/mol. The molecule has 1 atom stereocenters. The maximum atomic E-state index is 11.0. The van der Waals surface area contributed by atoms with Crippen LogP contribution in [0.4, 0.5) is 0 Å². The Morgan fingerprint density at radius 3 is 2.81 bits per heavy atom. The lowest BCUT2D eigenvalue weighted by Gasteiger charge is -2.23. The molecule has 3 rings (SSSR count). The summed E-state index contributed by atoms with van der Waals surface area (Å²) in [5.74, 6) is 0.170. The molecule has 1 unspecified atom stereocenters. The highest BCUT2D eigenvalue weighted by Gasteiger charge is 2.25. The second kappa shape index (κ2) is 5.87. The summed E-state index contributed by atoms with van der Waals surface area (Å²) in [5.41, 5.74) is 2.02. The summed E-state index contributed by atoms with van der Waals surface area (Å²) >= 11 is 0. The van der Waals surface area contributed by atoms with Crippen molar-refractivity contribution in [2.24, 2.45) is 5.92 Å². The number of ether oxygens (including phenoxy) is 2. The summed E-state index contributed by atoms with van der Waals surface area (Å²) in [4.78, 5) is 11.0. The molecule has 1 heterocycles. The van der Waals surface area contributed by atoms with Crippen molar-refractivity contribution in [2.75, 3.05) is 6.61 Å². The van der Waals surface area contributed by atoms with Gasteiger partial charge in [-0.2, -0.15) is 0 Å². The molecule has 1 aliphatic rings. The Morgan fingerprint density at radius 1 is 1.24 bits per heavy atom. The van der Waals surface area contributed by atoms with E-state index < -0.39 is 11.9 Å². The number of fused-ring (bicyclic) bond motifs is 1. The van der Waals surface area contributed by atoms with E-state index >= 15 is 0 Å². The number of carboxylic acids is 1. The van der Waals surface area contributed by atoms with E-state index in [0.717, 1.165) is 22.6 Å². The van der Waals surface area contributed by atoms with Crippen molar-refractivity contribution >= 4 is 5.97 Å². The lowest BCUT2D eigenvalue weighted by molar-refractivity contribution is -0.143. The van der Waals surface area contributed by atoms with Crippen LogP contribution in [0.25, 0.3) is 0 Å². The van der Waals surface area contributed by atoms with Crippen LogP contribution in [0.3, 0.4) is 0 Å². The molecule has 0 fully saturated rings. The molecule has 21 heavy (non-hydrogen) atoms. The summed E-state index contributed by atoms with van der Waals surface area (Å²) in [6.45, 7) is 0.710. The first-order chi connectivity index (χ1) is 10.2. The smallest absolute Gasteiger partial charge is 0.310 e. The highest BCUT2D eigenvalue weighted by molar-refractivity contribution is 5.71. The van der Waals surface area contributed by atoms with Gasteiger partial charge in [-0.3, -0.25) is 4.79 Å². The van der Waals surface area contributed by atoms with Crippen molar-refractivity contribution in [3.63, 3.8) is 0 Å². The summed E-state index contributed by atoms with van der Waals surface area (Å²) in [7, 11) is 0. The average Bonchev–Trinajstić information content (AvgIpc) is 2.53. The Labute approximate surface area is 122 Å². The second-order valence-electron chi connectivity index (χ2n) is 5.09. The highest BCUT2D eigenvalue weighted by atomic mass is 16.5. The third-order valence-electron chi connectivity index (χ3n) is 3.54. The quantitative estimate of drug-likeness (QED) is 0.938. The van der Waals surface area contributed by atoms with Gasteiger partial charge in [-0.05, 0) is 23.6 Å². The standard InChI is InChI=1S/C17H16O4/c18-17(19)14-8-13-6-7-15(9-16(13)21-11-14)20-10-12-4-2-1-3-5-12/h1-7,9,14H,8,10-11H2,(H,18,19). The summed E-state index contributed by atoms with van der Waals surface area (Å²) in [6, 6.07) is 15.5. The van der Waals surface area contributed by atoms with Crippen molar-refractivity contribution in [1.29, 1.82) is 0 Å². The van der Waals surface area contributed by atoms with E-state index in [9.17, 15) is 4.79 Å². The zero-order chi connectivity index (χ0) is 14.7. The van der Waals surface area contributed by atoms with Crippen LogP contribution >= 0.6 is 0 Å². The molecule has 0 spiro atoms. The van der Waals surface area contributed by atoms with Gasteiger partial charge in [0.25, 0.3) is 0 Å². The SMILES string of the molecule is O=C(O)C1COc2cc(OCc3ccccc3)ccc2C1. The largest absolute Gasteiger partial charge is 0.492 e. The Morgan fingerprint density at radius 2 is 2.05 bits per heavy atom. The summed E-state index contributed by atoms with van der Waals surface area (Å²) in [6.07, 6.45) is 0.504. The van der Waals surface area contributed by atoms with E-state index in [-0.39, 0.29) is 6.61 Å². The first-order valence-corrected chi connectivity index (χ1v) is 6.87. The van der Waals surface area contributed by atoms with Gasteiger partial charge in [-0.25, -0.2) is 0 Å². The second-order valence-corrected chi connectivity index (χ2v) is 5.09. The van der Waals surface area contributed by atoms with Crippen LogP contribution in [0.15, 0.2) is 48.5 Å². The molecule has 2 aromatic carbocycles. The van der Waals surface area contributed by atoms with Gasteiger partial charge in [-0.15, -0.1) is 0 Å². The molecule has 4 nitrogen and oxygen atoms in total. The van der Waals surface area contributed by atoms with Gasteiger partial charge in [0.15, 0.2) is 0 Å². The third-order valence-corrected chi connectivity index (χ3v) is 3.54. The van der Waals surface area contributed by atoms with Crippen LogP contribution in [0, 0.1) is 5.92 Å². The molecule has 4 heteroatoms. The zero-order valence-electron chi connectivity index (χ0n) is 11.5. The lowest BCUT2D eigenvalue weighted by Crippen LogP contribution is -2.27. The zero-order valence-corrected chi connectivity index (χ0v) is 11.5. The van der Waals surface area contributed by atoms with Crippen LogP contribution in [-0.4, -0.2) is 17.7 Å². The van der Waals surface area contributed by atoms with Crippen LogP contribution in [-0.2, 0) is 17.8 Å². The van der Waals surface area contributed by atoms with Crippen molar-refractivity contribution in [1.82, 2.24) is 0 Å². The Balaban J connectivity index is 1.68. The Kier molecular flexibility index (Phi) is 3.77. The van der Waals surface area contributed by atoms with Gasteiger partial charge >= 0.3 is 5.97 Å². The molecule has 0 aromatic heterocycles. The molecule has 0 radical (unpaired) electrons. The maximum absolute atomic E-state index is 11.0. The molecular formula is C17H16O4. The third kappa shape index (κ3) is 3.16. The molecule has 1 N–H and O–H groups in total. The molecule has 0 amide bonds. The van der Waals surface area contributed by atoms with Gasteiger partial charge in [-0.1, -0.05) is 36.4 Å². The molecule has 1 aliphatic heterocycles. The molecule has 0 saturated heterocycles. The number of hydrogen-bond donors (Lipinski definition) is 1. The lowest BCUT2D eigenvalue weighted by atomic mass is 9.97. The Bertz CT molecular complexity index is 636. The van der Waals surface area contributed by atoms with Crippen molar-refractivity contribution < 1.29 is 19.4 Å². The fraction of sp³-hybridized carbons (Fsp3) is 0.235. The van der Waals surface area contributed by atoms with E-state index in [2.05, 4.69) is 0 Å². The highest BCUT2D eigenvalue weighted by Crippen LogP contribution is 2.31. The summed E-state index contributed by atoms with van der Waals surface area (Å²) < 4.78 is 11.3. The van der Waals surface area contributed by atoms with Crippen LogP contribution in [0.1, 0.15) is 11.1 Å². The first-order valence-electron chi connectivity index (χ1n) is 6.87. The number of carboxylic acid groups (broad SMARTS) is 1. The monoisotopic (exact) mass is 284 g/mol. The Hall–Kier alpha value is -2.49. The van der Waals surface area contributed by atoms with Crippen LogP contribution in [0.2, 0.25) is 0 Å². The van der Waals surface area contributed by atoms with Crippen molar-refractivity contribution in [2.45, 2.75) is 13.0 Å². The number of hydrogen-bond acceptors (Lipinski definition) is 3. The normalized spacial score (nSPS) is 16.7. The predicted molar refractivity (Wildman–Crippen MR) is 77.5 cm³/mol. The fourth-order valence-electron chi connectivity index (χ4n) is 2.34. The van der Waals surface area contributed by atoms with Crippen LogP contribution in [0.5, 0.6) is 11.5 Å². The minimum absolute atomic E-state index is 0.213.